The van der Waals surface area contributed by atoms with Gasteiger partial charge in [-0.05, 0) is 37.6 Å². The van der Waals surface area contributed by atoms with E-state index < -0.39 is 10.8 Å². The zero-order valence-corrected chi connectivity index (χ0v) is 11.7. The normalized spacial score (nSPS) is 12.2. The van der Waals surface area contributed by atoms with Crippen LogP contribution in [-0.2, 0) is 15.6 Å². The third-order valence-electron chi connectivity index (χ3n) is 2.63. The van der Waals surface area contributed by atoms with Crippen molar-refractivity contribution >= 4 is 16.7 Å². The first kappa shape index (κ1) is 14.9. The van der Waals surface area contributed by atoms with Gasteiger partial charge in [0.1, 0.15) is 5.75 Å². The number of carbonyl (C=O) groups is 1. The molecule has 0 aliphatic carbocycles. The quantitative estimate of drug-likeness (QED) is 0.834. The Morgan fingerprint density at radius 1 is 1.44 bits per heavy atom. The van der Waals surface area contributed by atoms with Crippen LogP contribution in [0.15, 0.2) is 29.2 Å². The third kappa shape index (κ3) is 4.58. The van der Waals surface area contributed by atoms with Crippen LogP contribution in [0.25, 0.3) is 0 Å². The second-order valence-corrected chi connectivity index (χ2v) is 5.72. The van der Waals surface area contributed by atoms with E-state index in [1.807, 2.05) is 25.1 Å². The fraction of sp³-hybridized carbons (Fsp3) is 0.462. The molecular formula is C13H20N2O2S. The first-order valence-corrected chi connectivity index (χ1v) is 7.25. The van der Waals surface area contributed by atoms with Gasteiger partial charge in [0, 0.05) is 18.5 Å². The molecule has 0 aliphatic rings. The number of benzene rings is 1. The molecule has 0 fully saturated rings. The van der Waals surface area contributed by atoms with Crippen LogP contribution in [0.3, 0.4) is 0 Å². The molecule has 0 saturated carbocycles. The Morgan fingerprint density at radius 2 is 2.17 bits per heavy atom. The molecule has 1 aromatic carbocycles. The van der Waals surface area contributed by atoms with Gasteiger partial charge in [0.2, 0.25) is 5.91 Å². The Hall–Kier alpha value is -1.20. The smallest absolute Gasteiger partial charge is 0.235 e. The number of rotatable bonds is 6. The Balaban J connectivity index is 2.57. The number of hydrogen-bond acceptors (Lipinski definition) is 3. The molecule has 0 aliphatic heterocycles. The van der Waals surface area contributed by atoms with Gasteiger partial charge in [-0.25, -0.2) is 0 Å². The van der Waals surface area contributed by atoms with Gasteiger partial charge in [-0.2, -0.15) is 0 Å². The minimum Gasteiger partial charge on any atom is -0.345 e. The molecular weight excluding hydrogens is 248 g/mol. The molecule has 1 aromatic rings. The topological polar surface area (TPSA) is 63.4 Å². The highest BCUT2D eigenvalue weighted by molar-refractivity contribution is 7.85. The van der Waals surface area contributed by atoms with E-state index in [0.717, 1.165) is 12.0 Å². The fourth-order valence-corrected chi connectivity index (χ4v) is 2.67. The zero-order valence-electron chi connectivity index (χ0n) is 10.9. The summed E-state index contributed by atoms with van der Waals surface area (Å²) in [5.74, 6) is -0.0758. The van der Waals surface area contributed by atoms with Gasteiger partial charge in [0.25, 0.3) is 0 Å². The van der Waals surface area contributed by atoms with Crippen LogP contribution in [0.2, 0.25) is 0 Å². The van der Waals surface area contributed by atoms with Crippen molar-refractivity contribution in [3.63, 3.8) is 0 Å². The monoisotopic (exact) mass is 268 g/mol. The molecule has 2 N–H and O–H groups in total. The van der Waals surface area contributed by atoms with Crippen LogP contribution < -0.4 is 5.73 Å². The highest BCUT2D eigenvalue weighted by Gasteiger charge is 2.13. The average molecular weight is 268 g/mol. The Kier molecular flexibility index (Phi) is 6.01. The van der Waals surface area contributed by atoms with E-state index >= 15 is 0 Å². The van der Waals surface area contributed by atoms with Crippen molar-refractivity contribution in [3.05, 3.63) is 29.8 Å². The number of nitrogens with zero attached hydrogens (tertiary/aromatic N) is 1. The van der Waals surface area contributed by atoms with Crippen LogP contribution in [-0.4, -0.2) is 40.9 Å². The second-order valence-electron chi connectivity index (χ2n) is 4.26. The number of hydrogen-bond donors (Lipinski definition) is 1. The van der Waals surface area contributed by atoms with Gasteiger partial charge in [-0.3, -0.25) is 9.00 Å². The molecule has 0 bridgehead atoms. The van der Waals surface area contributed by atoms with Crippen LogP contribution in [0.4, 0.5) is 0 Å². The Morgan fingerprint density at radius 3 is 2.78 bits per heavy atom. The zero-order chi connectivity index (χ0) is 13.5. The summed E-state index contributed by atoms with van der Waals surface area (Å²) in [6, 6.07) is 7.43. The largest absolute Gasteiger partial charge is 0.345 e. The van der Waals surface area contributed by atoms with E-state index in [1.165, 1.54) is 0 Å². The first-order chi connectivity index (χ1) is 8.54. The first-order valence-electron chi connectivity index (χ1n) is 5.93. The van der Waals surface area contributed by atoms with Gasteiger partial charge in [-0.1, -0.05) is 12.1 Å². The van der Waals surface area contributed by atoms with E-state index in [9.17, 15) is 9.00 Å². The molecule has 1 unspecified atom stereocenters. The summed E-state index contributed by atoms with van der Waals surface area (Å²) in [7, 11) is 0.441. The van der Waals surface area contributed by atoms with Crippen molar-refractivity contribution in [2.75, 3.05) is 25.9 Å². The molecule has 0 aromatic heterocycles. The number of amides is 1. The van der Waals surface area contributed by atoms with Gasteiger partial charge in [0.05, 0.1) is 10.8 Å². The van der Waals surface area contributed by atoms with Crippen molar-refractivity contribution in [2.24, 2.45) is 5.73 Å². The molecule has 1 amide bonds. The fourth-order valence-electron chi connectivity index (χ4n) is 1.52. The molecule has 100 valence electrons. The highest BCUT2D eigenvalue weighted by atomic mass is 32.2. The van der Waals surface area contributed by atoms with Gasteiger partial charge < -0.3 is 10.6 Å². The molecule has 18 heavy (non-hydrogen) atoms. The second kappa shape index (κ2) is 7.28. The third-order valence-corrected chi connectivity index (χ3v) is 3.92. The molecule has 4 nitrogen and oxygen atoms in total. The predicted octanol–water partition coefficient (Wildman–Crippen LogP) is 0.910. The SMILES string of the molecule is Cc1cccc(S(=O)CC(=O)N(C)CCCN)c1. The summed E-state index contributed by atoms with van der Waals surface area (Å²) in [4.78, 5) is 14.1. The average Bonchev–Trinajstić information content (AvgIpc) is 2.35. The maximum absolute atomic E-state index is 12.0. The van der Waals surface area contributed by atoms with Crippen molar-refractivity contribution in [3.8, 4) is 0 Å². The van der Waals surface area contributed by atoms with Crippen molar-refractivity contribution < 1.29 is 9.00 Å². The van der Waals surface area contributed by atoms with E-state index in [2.05, 4.69) is 0 Å². The summed E-state index contributed by atoms with van der Waals surface area (Å²) >= 11 is 0. The predicted molar refractivity (Wildman–Crippen MR) is 73.8 cm³/mol. The van der Waals surface area contributed by atoms with E-state index in [4.69, 9.17) is 5.73 Å². The van der Waals surface area contributed by atoms with E-state index in [1.54, 1.807) is 18.0 Å². The van der Waals surface area contributed by atoms with Gasteiger partial charge in [0.15, 0.2) is 0 Å². The lowest BCUT2D eigenvalue weighted by Gasteiger charge is -2.16. The maximum atomic E-state index is 12.0. The standard InChI is InChI=1S/C13H20N2O2S/c1-11-5-3-6-12(9-11)18(17)10-13(16)15(2)8-4-7-14/h3,5-6,9H,4,7-8,10,14H2,1-2H3. The minimum absolute atomic E-state index is 0.0323. The molecule has 0 heterocycles. The van der Waals surface area contributed by atoms with Crippen LogP contribution >= 0.6 is 0 Å². The lowest BCUT2D eigenvalue weighted by atomic mass is 10.2. The summed E-state index contributed by atoms with van der Waals surface area (Å²) < 4.78 is 12.0. The Labute approximate surface area is 111 Å². The number of carbonyl (C=O) groups excluding carboxylic acids is 1. The van der Waals surface area contributed by atoms with Gasteiger partial charge in [-0.15, -0.1) is 0 Å². The molecule has 0 radical (unpaired) electrons. The van der Waals surface area contributed by atoms with Crippen molar-refractivity contribution in [2.45, 2.75) is 18.2 Å². The Bertz CT molecular complexity index is 435. The summed E-state index contributed by atoms with van der Waals surface area (Å²) in [6.07, 6.45) is 0.763. The molecule has 0 spiro atoms. The lowest BCUT2D eigenvalue weighted by molar-refractivity contribution is -0.127. The molecule has 1 rings (SSSR count). The van der Waals surface area contributed by atoms with Crippen LogP contribution in [0.5, 0.6) is 0 Å². The highest BCUT2D eigenvalue weighted by Crippen LogP contribution is 2.09. The van der Waals surface area contributed by atoms with E-state index in [0.29, 0.717) is 18.0 Å². The number of aryl methyl sites for hydroxylation is 1. The number of nitrogens with two attached hydrogens (primary N) is 1. The van der Waals surface area contributed by atoms with E-state index in [-0.39, 0.29) is 11.7 Å². The van der Waals surface area contributed by atoms with Crippen LogP contribution in [0, 0.1) is 6.92 Å². The summed E-state index contributed by atoms with van der Waals surface area (Å²) in [6.45, 7) is 3.11. The van der Waals surface area contributed by atoms with Crippen molar-refractivity contribution in [1.29, 1.82) is 0 Å². The van der Waals surface area contributed by atoms with Gasteiger partial charge >= 0.3 is 0 Å². The molecule has 0 saturated heterocycles. The summed E-state index contributed by atoms with van der Waals surface area (Å²) in [5, 5.41) is 0. The summed E-state index contributed by atoms with van der Waals surface area (Å²) in [5.41, 5.74) is 6.43. The minimum atomic E-state index is -1.27. The molecule has 5 heteroatoms. The molecule has 1 atom stereocenters. The van der Waals surface area contributed by atoms with Crippen LogP contribution in [0.1, 0.15) is 12.0 Å². The lowest BCUT2D eigenvalue weighted by Crippen LogP contribution is -2.32. The van der Waals surface area contributed by atoms with Crippen molar-refractivity contribution in [1.82, 2.24) is 4.90 Å². The maximum Gasteiger partial charge on any atom is 0.235 e.